The van der Waals surface area contributed by atoms with E-state index in [1.54, 1.807) is 43.3 Å². The number of hydrogen-bond donors (Lipinski definition) is 1. The average Bonchev–Trinajstić information content (AvgIpc) is 3.63. The van der Waals surface area contributed by atoms with E-state index >= 15 is 0 Å². The number of phenolic OH excluding ortho intramolecular Hbond substituents is 1. The number of ether oxygens (including phenoxy) is 1. The van der Waals surface area contributed by atoms with Crippen LogP contribution in [-0.4, -0.2) is 42.8 Å². The summed E-state index contributed by atoms with van der Waals surface area (Å²) < 4.78 is 20.3. The highest BCUT2D eigenvalue weighted by atomic mass is 35.5. The van der Waals surface area contributed by atoms with Gasteiger partial charge in [-0.05, 0) is 104 Å². The Morgan fingerprint density at radius 1 is 0.803 bits per heavy atom. The van der Waals surface area contributed by atoms with Gasteiger partial charge in [0.05, 0.1) is 50.9 Å². The molecule has 0 unspecified atom stereocenters. The van der Waals surface area contributed by atoms with Crippen molar-refractivity contribution >= 4 is 63.7 Å². The zero-order chi connectivity index (χ0) is 42.7. The Labute approximate surface area is 356 Å². The maximum absolute atomic E-state index is 14.8. The van der Waals surface area contributed by atoms with Gasteiger partial charge in [0.25, 0.3) is 0 Å². The molecule has 308 valence electrons. The van der Waals surface area contributed by atoms with E-state index in [4.69, 9.17) is 16.3 Å². The molecule has 1 N–H and O–H groups in total. The van der Waals surface area contributed by atoms with Crippen molar-refractivity contribution in [3.8, 4) is 11.5 Å². The van der Waals surface area contributed by atoms with Crippen LogP contribution in [0.2, 0.25) is 5.02 Å². The zero-order valence-corrected chi connectivity index (χ0v) is 34.3. The number of rotatable bonds is 9. The van der Waals surface area contributed by atoms with Gasteiger partial charge in [-0.15, -0.1) is 0 Å². The van der Waals surface area contributed by atoms with Crippen LogP contribution >= 0.6 is 11.6 Å². The van der Waals surface area contributed by atoms with E-state index in [1.807, 2.05) is 79.7 Å². The fraction of sp³-hybridized carbons (Fsp3) is 0.250. The number of amides is 4. The third-order valence-corrected chi connectivity index (χ3v) is 13.0. The molecule has 13 heteroatoms. The van der Waals surface area contributed by atoms with Gasteiger partial charge in [-0.3, -0.25) is 24.1 Å². The SMILES string of the molecule is CN(C)c1ccc(N=Nc2ccc(N3C(=O)[C@H]4[C@H](CC=C5[C@H]4C[C@H]4C(=O)N(c6ccc(F)c(Cl)c6)C(=O)[C@@]4(C)[C@H]5c4ccc(OCc5ccccc5)cc4O)C3=O)cc2)cc1. The lowest BCUT2D eigenvalue weighted by molar-refractivity contribution is -0.131. The van der Waals surface area contributed by atoms with Crippen LogP contribution in [0.1, 0.15) is 36.8 Å². The molecule has 2 aliphatic carbocycles. The summed E-state index contributed by atoms with van der Waals surface area (Å²) in [6, 6.07) is 32.4. The predicted molar refractivity (Wildman–Crippen MR) is 229 cm³/mol. The van der Waals surface area contributed by atoms with Crippen molar-refractivity contribution in [2.75, 3.05) is 28.8 Å². The van der Waals surface area contributed by atoms with Crippen LogP contribution < -0.4 is 19.4 Å². The molecule has 4 amide bonds. The number of halogens is 2. The van der Waals surface area contributed by atoms with E-state index in [0.29, 0.717) is 33.9 Å². The molecule has 6 atom stereocenters. The first-order valence-electron chi connectivity index (χ1n) is 20.0. The number of carbonyl (C=O) groups is 4. The number of aromatic hydroxyl groups is 1. The van der Waals surface area contributed by atoms with Crippen LogP contribution in [0, 0.1) is 34.9 Å². The normalized spacial score (nSPS) is 24.5. The van der Waals surface area contributed by atoms with E-state index in [9.17, 15) is 28.7 Å². The fourth-order valence-electron chi connectivity index (χ4n) is 9.68. The predicted octanol–water partition coefficient (Wildman–Crippen LogP) is 9.68. The summed E-state index contributed by atoms with van der Waals surface area (Å²) in [6.07, 6.45) is 2.22. The minimum absolute atomic E-state index is 0.0940. The highest BCUT2D eigenvalue weighted by molar-refractivity contribution is 6.32. The maximum atomic E-state index is 14.8. The topological polar surface area (TPSA) is 132 Å². The molecule has 0 radical (unpaired) electrons. The second-order valence-electron chi connectivity index (χ2n) is 16.4. The Kier molecular flexibility index (Phi) is 10.1. The van der Waals surface area contributed by atoms with E-state index in [-0.39, 0.29) is 41.8 Å². The highest BCUT2D eigenvalue weighted by Gasteiger charge is 2.68. The zero-order valence-electron chi connectivity index (χ0n) is 33.5. The van der Waals surface area contributed by atoms with E-state index in [0.717, 1.165) is 22.2 Å². The molecule has 3 fully saturated rings. The summed E-state index contributed by atoms with van der Waals surface area (Å²) in [5.41, 5.74) is 3.29. The Morgan fingerprint density at radius 2 is 1.48 bits per heavy atom. The monoisotopic (exact) mass is 837 g/mol. The number of anilines is 3. The van der Waals surface area contributed by atoms with Crippen molar-refractivity contribution in [2.24, 2.45) is 39.3 Å². The van der Waals surface area contributed by atoms with Gasteiger partial charge in [-0.25, -0.2) is 9.29 Å². The van der Waals surface area contributed by atoms with Crippen molar-refractivity contribution in [1.29, 1.82) is 0 Å². The molecule has 5 aromatic rings. The molecule has 1 saturated carbocycles. The summed E-state index contributed by atoms with van der Waals surface area (Å²) in [5.74, 6) is -6.32. The average molecular weight is 838 g/mol. The molecule has 5 aromatic carbocycles. The van der Waals surface area contributed by atoms with Gasteiger partial charge in [0.1, 0.15) is 23.9 Å². The minimum atomic E-state index is -1.44. The van der Waals surface area contributed by atoms with Gasteiger partial charge in [0, 0.05) is 37.3 Å². The van der Waals surface area contributed by atoms with Crippen LogP contribution in [0.4, 0.5) is 32.8 Å². The number of nitrogens with zero attached hydrogens (tertiary/aromatic N) is 5. The molecule has 2 saturated heterocycles. The Hall–Kier alpha value is -6.66. The van der Waals surface area contributed by atoms with E-state index in [2.05, 4.69) is 10.2 Å². The third-order valence-electron chi connectivity index (χ3n) is 12.8. The number of phenols is 1. The number of imide groups is 2. The Balaban J connectivity index is 1.05. The maximum Gasteiger partial charge on any atom is 0.241 e. The second kappa shape index (κ2) is 15.4. The molecular weight excluding hydrogens is 797 g/mol. The molecule has 0 spiro atoms. The van der Waals surface area contributed by atoms with Crippen LogP contribution in [-0.2, 0) is 25.8 Å². The van der Waals surface area contributed by atoms with Crippen molar-refractivity contribution in [3.63, 3.8) is 0 Å². The smallest absolute Gasteiger partial charge is 0.241 e. The first-order valence-corrected chi connectivity index (χ1v) is 20.4. The van der Waals surface area contributed by atoms with Crippen LogP contribution in [0.25, 0.3) is 0 Å². The van der Waals surface area contributed by atoms with Crippen molar-refractivity contribution in [3.05, 3.63) is 149 Å². The van der Waals surface area contributed by atoms with Gasteiger partial charge in [-0.2, -0.15) is 10.2 Å². The van der Waals surface area contributed by atoms with Gasteiger partial charge in [0.2, 0.25) is 23.6 Å². The van der Waals surface area contributed by atoms with Crippen molar-refractivity contribution < 1.29 is 33.4 Å². The first kappa shape index (κ1) is 39.8. The largest absolute Gasteiger partial charge is 0.508 e. The molecule has 0 aromatic heterocycles. The lowest BCUT2D eigenvalue weighted by Gasteiger charge is -2.49. The molecule has 61 heavy (non-hydrogen) atoms. The van der Waals surface area contributed by atoms with Gasteiger partial charge < -0.3 is 14.7 Å². The second-order valence-corrected chi connectivity index (χ2v) is 16.8. The molecule has 11 nitrogen and oxygen atoms in total. The number of fused-ring (bicyclic) bond motifs is 4. The van der Waals surface area contributed by atoms with Crippen molar-refractivity contribution in [2.45, 2.75) is 32.3 Å². The van der Waals surface area contributed by atoms with Gasteiger partial charge >= 0.3 is 0 Å². The number of benzene rings is 5. The van der Waals surface area contributed by atoms with Gasteiger partial charge in [-0.1, -0.05) is 59.6 Å². The summed E-state index contributed by atoms with van der Waals surface area (Å²) in [4.78, 5) is 62.5. The number of allylic oxidation sites excluding steroid dienone is 2. The molecule has 2 aliphatic heterocycles. The fourth-order valence-corrected chi connectivity index (χ4v) is 9.86. The molecular formula is C48H41ClFN5O6. The van der Waals surface area contributed by atoms with Crippen molar-refractivity contribution in [1.82, 2.24) is 0 Å². The minimum Gasteiger partial charge on any atom is -0.508 e. The molecule has 9 rings (SSSR count). The summed E-state index contributed by atoms with van der Waals surface area (Å²) >= 11 is 6.15. The summed E-state index contributed by atoms with van der Waals surface area (Å²) in [6.45, 7) is 1.97. The van der Waals surface area contributed by atoms with Crippen LogP contribution in [0.15, 0.2) is 137 Å². The highest BCUT2D eigenvalue weighted by Crippen LogP contribution is 2.64. The number of carbonyl (C=O) groups excluding carboxylic acids is 4. The summed E-state index contributed by atoms with van der Waals surface area (Å²) in [5, 5.41) is 20.2. The lowest BCUT2D eigenvalue weighted by Crippen LogP contribution is -2.48. The van der Waals surface area contributed by atoms with Gasteiger partial charge in [0.15, 0.2) is 0 Å². The molecule has 4 aliphatic rings. The standard InChI is InChI=1S/C48H41ClFN5O6/c1-48-38(45(58)55(47(48)60)32-17-22-40(50)39(49)23-32)25-37-34(43(48)35-19-18-33(24-41(35)56)61-26-27-7-5-4-6-8-27)20-21-36-42(37)46(59)54(44(36)57)31-15-11-29(12-16-31)52-51-28-9-13-30(14-10-28)53(2)3/h4-20,22-24,36-38,42-43,56H,21,25-26H2,1-3H3/t36-,37+,38-,42-,43+,48+/m0/s1. The lowest BCUT2D eigenvalue weighted by atomic mass is 9.51. The Bertz CT molecular complexity index is 2650. The molecule has 2 heterocycles. The van der Waals surface area contributed by atoms with E-state index in [1.165, 1.54) is 23.1 Å². The van der Waals surface area contributed by atoms with Crippen LogP contribution in [0.3, 0.4) is 0 Å². The number of hydrogen-bond acceptors (Lipinski definition) is 9. The van der Waals surface area contributed by atoms with E-state index < -0.39 is 58.5 Å². The Morgan fingerprint density at radius 3 is 2.13 bits per heavy atom. The number of azo groups is 1. The third kappa shape index (κ3) is 6.75. The molecule has 0 bridgehead atoms. The van der Waals surface area contributed by atoms with Crippen LogP contribution in [0.5, 0.6) is 11.5 Å². The first-order chi connectivity index (χ1) is 29.3. The quantitative estimate of drug-likeness (QED) is 0.0889. The summed E-state index contributed by atoms with van der Waals surface area (Å²) in [7, 11) is 3.91.